The molecule has 0 bridgehead atoms. The van der Waals surface area contributed by atoms with Crippen LogP contribution in [0.25, 0.3) is 0 Å². The monoisotopic (exact) mass is 254 g/mol. The lowest BCUT2D eigenvalue weighted by Crippen LogP contribution is -2.31. The zero-order valence-electron chi connectivity index (χ0n) is 11.2. The Balaban J connectivity index is 3.83. The van der Waals surface area contributed by atoms with Crippen molar-refractivity contribution in [3.63, 3.8) is 0 Å². The zero-order chi connectivity index (χ0) is 13.3. The van der Waals surface area contributed by atoms with Gasteiger partial charge in [-0.25, -0.2) is 4.79 Å². The standard InChI is InChI=1S/C13H22O3Si/c1-6-12(16-17(3,4)5)10-8-7-9-11-13(14)15-2/h1,9,11-12H,7-8,10H2,2-5H3/b11-9+. The highest BCUT2D eigenvalue weighted by Gasteiger charge is 2.19. The Morgan fingerprint density at radius 2 is 2.12 bits per heavy atom. The number of carbonyl (C=O) groups is 1. The molecule has 0 aliphatic rings. The van der Waals surface area contributed by atoms with Crippen LogP contribution >= 0.6 is 0 Å². The Labute approximate surface area is 105 Å². The summed E-state index contributed by atoms with van der Waals surface area (Å²) in [5.41, 5.74) is 0. The van der Waals surface area contributed by atoms with Crippen LogP contribution in [0.3, 0.4) is 0 Å². The summed E-state index contributed by atoms with van der Waals surface area (Å²) < 4.78 is 10.3. The fourth-order valence-corrected chi connectivity index (χ4v) is 2.31. The van der Waals surface area contributed by atoms with Gasteiger partial charge < -0.3 is 9.16 Å². The SMILES string of the molecule is C#CC(CCC/C=C/C(=O)OC)O[Si](C)(C)C. The fourth-order valence-electron chi connectivity index (χ4n) is 1.27. The molecular weight excluding hydrogens is 232 g/mol. The van der Waals surface area contributed by atoms with E-state index < -0.39 is 8.32 Å². The van der Waals surface area contributed by atoms with E-state index in [1.165, 1.54) is 13.2 Å². The van der Waals surface area contributed by atoms with Crippen molar-refractivity contribution in [1.29, 1.82) is 0 Å². The zero-order valence-corrected chi connectivity index (χ0v) is 12.2. The molecule has 0 saturated carbocycles. The average Bonchev–Trinajstić information content (AvgIpc) is 2.25. The van der Waals surface area contributed by atoms with Gasteiger partial charge >= 0.3 is 5.97 Å². The minimum Gasteiger partial charge on any atom is -0.466 e. The van der Waals surface area contributed by atoms with Crippen LogP contribution in [0.15, 0.2) is 12.2 Å². The normalized spacial score (nSPS) is 13.4. The third kappa shape index (κ3) is 9.85. The van der Waals surface area contributed by atoms with Gasteiger partial charge in [-0.15, -0.1) is 6.42 Å². The van der Waals surface area contributed by atoms with E-state index in [9.17, 15) is 4.79 Å². The Morgan fingerprint density at radius 3 is 2.59 bits per heavy atom. The predicted molar refractivity (Wildman–Crippen MR) is 72.1 cm³/mol. The Morgan fingerprint density at radius 1 is 1.47 bits per heavy atom. The summed E-state index contributed by atoms with van der Waals surface area (Å²) in [4.78, 5) is 10.8. The molecule has 96 valence electrons. The van der Waals surface area contributed by atoms with E-state index in [2.05, 4.69) is 30.3 Å². The van der Waals surface area contributed by atoms with Crippen molar-refractivity contribution in [3.8, 4) is 12.3 Å². The molecule has 0 aliphatic heterocycles. The van der Waals surface area contributed by atoms with Gasteiger partial charge in [0.15, 0.2) is 8.32 Å². The number of terminal acetylenes is 1. The van der Waals surface area contributed by atoms with Crippen LogP contribution in [-0.2, 0) is 14.0 Å². The molecule has 0 heterocycles. The number of hydrogen-bond donors (Lipinski definition) is 0. The van der Waals surface area contributed by atoms with Gasteiger partial charge in [-0.05, 0) is 38.9 Å². The summed E-state index contributed by atoms with van der Waals surface area (Å²) in [5, 5.41) is 0. The quantitative estimate of drug-likeness (QED) is 0.230. The third-order valence-electron chi connectivity index (χ3n) is 1.97. The molecule has 1 unspecified atom stereocenters. The second kappa shape index (κ2) is 8.10. The van der Waals surface area contributed by atoms with Gasteiger partial charge in [0.2, 0.25) is 0 Å². The van der Waals surface area contributed by atoms with E-state index in [0.717, 1.165) is 19.3 Å². The summed E-state index contributed by atoms with van der Waals surface area (Å²) in [6.07, 6.45) is 11.1. The number of methoxy groups -OCH3 is 1. The molecule has 3 nitrogen and oxygen atoms in total. The molecule has 0 N–H and O–H groups in total. The molecule has 4 heteroatoms. The number of ether oxygens (including phenoxy) is 1. The van der Waals surface area contributed by atoms with Crippen molar-refractivity contribution in [2.45, 2.75) is 45.0 Å². The van der Waals surface area contributed by atoms with E-state index >= 15 is 0 Å². The molecule has 1 atom stereocenters. The Hall–Kier alpha value is -1.05. The summed E-state index contributed by atoms with van der Waals surface area (Å²) in [5.74, 6) is 2.34. The van der Waals surface area contributed by atoms with Crippen LogP contribution in [0.5, 0.6) is 0 Å². The topological polar surface area (TPSA) is 35.5 Å². The maximum Gasteiger partial charge on any atom is 0.330 e. The minimum atomic E-state index is -1.57. The number of unbranched alkanes of at least 4 members (excludes halogenated alkanes) is 1. The first-order chi connectivity index (χ1) is 7.89. The lowest BCUT2D eigenvalue weighted by molar-refractivity contribution is -0.134. The molecule has 0 saturated heterocycles. The van der Waals surface area contributed by atoms with Crippen molar-refractivity contribution in [2.75, 3.05) is 7.11 Å². The van der Waals surface area contributed by atoms with Gasteiger partial charge in [0.1, 0.15) is 6.10 Å². The first kappa shape index (κ1) is 15.9. The molecule has 0 aromatic heterocycles. The largest absolute Gasteiger partial charge is 0.466 e. The predicted octanol–water partition coefficient (Wildman–Crippen LogP) is 2.74. The third-order valence-corrected chi connectivity index (χ3v) is 2.97. The maximum atomic E-state index is 10.8. The van der Waals surface area contributed by atoms with Crippen LogP contribution < -0.4 is 0 Å². The molecule has 17 heavy (non-hydrogen) atoms. The van der Waals surface area contributed by atoms with Crippen LogP contribution in [0.2, 0.25) is 19.6 Å². The van der Waals surface area contributed by atoms with E-state index in [0.29, 0.717) is 0 Å². The summed E-state index contributed by atoms with van der Waals surface area (Å²) in [7, 11) is -0.204. The van der Waals surface area contributed by atoms with Crippen LogP contribution in [0.1, 0.15) is 19.3 Å². The highest BCUT2D eigenvalue weighted by atomic mass is 28.4. The fraction of sp³-hybridized carbons (Fsp3) is 0.615. The molecule has 0 aromatic carbocycles. The Kier molecular flexibility index (Phi) is 7.60. The van der Waals surface area contributed by atoms with Gasteiger partial charge in [-0.3, -0.25) is 0 Å². The molecule has 0 spiro atoms. The van der Waals surface area contributed by atoms with Crippen molar-refractivity contribution in [2.24, 2.45) is 0 Å². The van der Waals surface area contributed by atoms with Crippen molar-refractivity contribution < 1.29 is 14.0 Å². The molecule has 0 fully saturated rings. The number of hydrogen-bond acceptors (Lipinski definition) is 3. The van der Waals surface area contributed by atoms with Gasteiger partial charge in [-0.1, -0.05) is 12.0 Å². The number of rotatable bonds is 7. The summed E-state index contributed by atoms with van der Waals surface area (Å²) in [6.45, 7) is 6.36. The Bertz CT molecular complexity index is 297. The number of carbonyl (C=O) groups excluding carboxylic acids is 1. The highest BCUT2D eigenvalue weighted by molar-refractivity contribution is 6.69. The van der Waals surface area contributed by atoms with Crippen LogP contribution in [0.4, 0.5) is 0 Å². The van der Waals surface area contributed by atoms with E-state index in [-0.39, 0.29) is 12.1 Å². The van der Waals surface area contributed by atoms with Crippen molar-refractivity contribution in [1.82, 2.24) is 0 Å². The summed E-state index contributed by atoms with van der Waals surface area (Å²) >= 11 is 0. The number of allylic oxidation sites excluding steroid dienone is 1. The first-order valence-electron chi connectivity index (χ1n) is 5.77. The van der Waals surface area contributed by atoms with E-state index in [4.69, 9.17) is 10.8 Å². The van der Waals surface area contributed by atoms with E-state index in [1.807, 2.05) is 0 Å². The van der Waals surface area contributed by atoms with Crippen molar-refractivity contribution in [3.05, 3.63) is 12.2 Å². The van der Waals surface area contributed by atoms with Crippen molar-refractivity contribution >= 4 is 14.3 Å². The molecule has 0 aliphatic carbocycles. The van der Waals surface area contributed by atoms with Gasteiger partial charge in [0, 0.05) is 6.08 Å². The lowest BCUT2D eigenvalue weighted by Gasteiger charge is -2.22. The molecular formula is C13H22O3Si. The van der Waals surface area contributed by atoms with Crippen LogP contribution in [-0.4, -0.2) is 27.5 Å². The molecule has 0 amide bonds. The van der Waals surface area contributed by atoms with Gasteiger partial charge in [0.25, 0.3) is 0 Å². The smallest absolute Gasteiger partial charge is 0.330 e. The minimum absolute atomic E-state index is 0.104. The first-order valence-corrected chi connectivity index (χ1v) is 9.18. The van der Waals surface area contributed by atoms with Crippen LogP contribution in [0, 0.1) is 12.3 Å². The highest BCUT2D eigenvalue weighted by Crippen LogP contribution is 2.12. The molecule has 0 aromatic rings. The lowest BCUT2D eigenvalue weighted by atomic mass is 10.1. The second-order valence-electron chi connectivity index (χ2n) is 4.74. The van der Waals surface area contributed by atoms with Gasteiger partial charge in [-0.2, -0.15) is 0 Å². The molecule has 0 radical (unpaired) electrons. The van der Waals surface area contributed by atoms with E-state index in [1.54, 1.807) is 6.08 Å². The summed E-state index contributed by atoms with van der Waals surface area (Å²) in [6, 6.07) is 0. The van der Waals surface area contributed by atoms with Gasteiger partial charge in [0.05, 0.1) is 7.11 Å². The maximum absolute atomic E-state index is 10.8. The second-order valence-corrected chi connectivity index (χ2v) is 9.20. The number of esters is 1. The average molecular weight is 254 g/mol. The molecule has 0 rings (SSSR count).